The number of carbonyl (C=O) groups is 1. The maximum Gasteiger partial charge on any atom is 0.362 e. The van der Waals surface area contributed by atoms with E-state index in [0.29, 0.717) is 0 Å². The van der Waals surface area contributed by atoms with E-state index in [0.717, 1.165) is 0 Å². The van der Waals surface area contributed by atoms with Crippen LogP contribution in [0.1, 0.15) is 16.6 Å². The molecule has 0 saturated carbocycles. The third kappa shape index (κ3) is 4.06. The Morgan fingerprint density at radius 2 is 1.97 bits per heavy atom. The number of nitrogens with two attached hydrogens (primary N) is 1. The number of amides is 1. The Hall–Kier alpha value is -3.37. The van der Waals surface area contributed by atoms with Crippen molar-refractivity contribution in [1.82, 2.24) is 24.2 Å². The molecule has 1 saturated heterocycles. The van der Waals surface area contributed by atoms with Crippen molar-refractivity contribution in [1.29, 1.82) is 0 Å². The van der Waals surface area contributed by atoms with Crippen molar-refractivity contribution < 1.29 is 37.5 Å². The summed E-state index contributed by atoms with van der Waals surface area (Å²) in [4.78, 5) is 23.9. The molecule has 170 valence electrons. The zero-order valence-electron chi connectivity index (χ0n) is 16.1. The maximum atomic E-state index is 12.1. The number of anilines is 1. The van der Waals surface area contributed by atoms with Gasteiger partial charge in [0.15, 0.2) is 17.7 Å². The van der Waals surface area contributed by atoms with Crippen molar-refractivity contribution in [2.24, 2.45) is 0 Å². The Bertz CT molecular complexity index is 1260. The highest BCUT2D eigenvalue weighted by atomic mass is 32.2. The van der Waals surface area contributed by atoms with Crippen LogP contribution in [-0.2, 0) is 19.2 Å². The Labute approximate surface area is 180 Å². The van der Waals surface area contributed by atoms with Crippen LogP contribution in [0.5, 0.6) is 5.75 Å². The summed E-state index contributed by atoms with van der Waals surface area (Å²) in [6, 6.07) is 5.33. The molecule has 14 nitrogen and oxygen atoms in total. The Morgan fingerprint density at radius 1 is 1.22 bits per heavy atom. The van der Waals surface area contributed by atoms with Gasteiger partial charge in [0.1, 0.15) is 35.9 Å². The van der Waals surface area contributed by atoms with E-state index in [1.54, 1.807) is 4.72 Å². The number of nitrogens with one attached hydrogen (secondary N) is 1. The molecular formula is C17H18N6O8S. The highest BCUT2D eigenvalue weighted by Gasteiger charge is 2.45. The molecule has 1 aliphatic heterocycles. The molecule has 15 heteroatoms. The molecule has 3 heterocycles. The molecule has 0 bridgehead atoms. The van der Waals surface area contributed by atoms with Crippen LogP contribution in [0.3, 0.4) is 0 Å². The number of para-hydroxylation sites is 1. The van der Waals surface area contributed by atoms with E-state index >= 15 is 0 Å². The second-order valence-corrected chi connectivity index (χ2v) is 8.16. The number of aliphatic hydroxyl groups is 2. The predicted octanol–water partition coefficient (Wildman–Crippen LogP) is -1.58. The fourth-order valence-electron chi connectivity index (χ4n) is 3.17. The second-order valence-electron chi connectivity index (χ2n) is 6.82. The maximum absolute atomic E-state index is 12.1. The van der Waals surface area contributed by atoms with Crippen molar-refractivity contribution >= 4 is 33.2 Å². The Balaban J connectivity index is 1.44. The van der Waals surface area contributed by atoms with E-state index < -0.39 is 53.1 Å². The minimum Gasteiger partial charge on any atom is -0.507 e. The number of nitrogens with zero attached hydrogens (tertiary/aromatic N) is 4. The number of phenols is 1. The summed E-state index contributed by atoms with van der Waals surface area (Å²) in [6.45, 7) is -0.720. The van der Waals surface area contributed by atoms with Crippen LogP contribution >= 0.6 is 0 Å². The van der Waals surface area contributed by atoms with E-state index in [9.17, 15) is 28.5 Å². The lowest BCUT2D eigenvalue weighted by molar-refractivity contribution is -0.0468. The van der Waals surface area contributed by atoms with Crippen LogP contribution in [0.25, 0.3) is 11.2 Å². The van der Waals surface area contributed by atoms with Gasteiger partial charge in [-0.1, -0.05) is 12.1 Å². The van der Waals surface area contributed by atoms with E-state index in [4.69, 9.17) is 14.7 Å². The second kappa shape index (κ2) is 8.29. The molecule has 2 aromatic heterocycles. The number of rotatable bonds is 6. The number of imidazole rings is 1. The van der Waals surface area contributed by atoms with Crippen LogP contribution in [0, 0.1) is 0 Å². The zero-order chi connectivity index (χ0) is 23.0. The van der Waals surface area contributed by atoms with Crippen molar-refractivity contribution in [3.63, 3.8) is 0 Å². The lowest BCUT2D eigenvalue weighted by atomic mass is 10.1. The fraction of sp³-hybridized carbons (Fsp3) is 0.294. The molecule has 0 radical (unpaired) electrons. The van der Waals surface area contributed by atoms with Gasteiger partial charge in [-0.3, -0.25) is 13.5 Å². The Morgan fingerprint density at radius 3 is 2.72 bits per heavy atom. The van der Waals surface area contributed by atoms with E-state index in [1.807, 2.05) is 0 Å². The average molecular weight is 469 g/mol. The van der Waals surface area contributed by atoms with Crippen LogP contribution in [0.2, 0.25) is 0 Å². The predicted molar refractivity (Wildman–Crippen MR) is 106 cm³/mol. The summed E-state index contributed by atoms with van der Waals surface area (Å²) in [5.41, 5.74) is 5.94. The van der Waals surface area contributed by atoms with Crippen molar-refractivity contribution in [3.8, 4) is 5.75 Å². The first-order valence-corrected chi connectivity index (χ1v) is 10.5. The first-order valence-electron chi connectivity index (χ1n) is 9.12. The van der Waals surface area contributed by atoms with Gasteiger partial charge in [-0.2, -0.15) is 8.42 Å². The minimum absolute atomic E-state index is 0.105. The summed E-state index contributed by atoms with van der Waals surface area (Å²) in [6.07, 6.45) is -2.98. The number of carbonyl (C=O) groups excluding carboxylic acids is 1. The average Bonchev–Trinajstić information content (AvgIpc) is 3.29. The van der Waals surface area contributed by atoms with Gasteiger partial charge in [0.25, 0.3) is 5.91 Å². The van der Waals surface area contributed by atoms with Gasteiger partial charge in [-0.25, -0.2) is 19.7 Å². The van der Waals surface area contributed by atoms with Gasteiger partial charge in [0.2, 0.25) is 0 Å². The molecule has 4 rings (SSSR count). The topological polar surface area (TPSA) is 212 Å². The number of aromatic hydroxyl groups is 1. The molecule has 0 aliphatic carbocycles. The van der Waals surface area contributed by atoms with E-state index in [-0.39, 0.29) is 22.5 Å². The highest BCUT2D eigenvalue weighted by molar-refractivity contribution is 7.85. The summed E-state index contributed by atoms with van der Waals surface area (Å²) in [7, 11) is -4.63. The molecule has 1 aliphatic rings. The molecule has 1 amide bonds. The standard InChI is InChI=1S/C17H18N6O8S/c18-14-11-15(20-6-19-14)23(7-21-11)17-13(26)12(25)10(31-17)5-30-32(28,29)22-16(27)8-3-1-2-4-9(8)24/h1-4,6-7,10,12-13,17,24-26H,5H2,(H,22,27)(H2,18,19,20)/t10-,12-,13-,17-/m1/s1/i18+1,19+1,20+1. The smallest absolute Gasteiger partial charge is 0.362 e. The number of phenolic OH excluding ortho intramolecular Hbond substituents is 1. The summed E-state index contributed by atoms with van der Waals surface area (Å²) >= 11 is 0. The van der Waals surface area contributed by atoms with Crippen LogP contribution in [0.4, 0.5) is 5.82 Å². The minimum atomic E-state index is -4.63. The van der Waals surface area contributed by atoms with Gasteiger partial charge < -0.3 is 25.8 Å². The molecule has 6 N–H and O–H groups in total. The highest BCUT2D eigenvalue weighted by Crippen LogP contribution is 2.32. The number of hydrogen-bond donors (Lipinski definition) is 5. The monoisotopic (exact) mass is 469 g/mol. The SMILES string of the molecule is [15NH2]c1[15n]c[15n]c2c1ncn2[C@@H]1O[C@H](COS(=O)(=O)NC(=O)c2ccccc2O)[C@@H](O)[C@H]1O. The van der Waals surface area contributed by atoms with Gasteiger partial charge in [0.05, 0.1) is 18.5 Å². The lowest BCUT2D eigenvalue weighted by Gasteiger charge is -2.16. The molecule has 0 spiro atoms. The first kappa shape index (κ1) is 21.8. The molecular weight excluding hydrogens is 451 g/mol. The number of fused-ring (bicyclic) bond motifs is 1. The van der Waals surface area contributed by atoms with Gasteiger partial charge in [-0.05, 0) is 12.1 Å². The molecule has 0 unspecified atom stereocenters. The van der Waals surface area contributed by atoms with E-state index in [2.05, 4.69) is 15.0 Å². The number of benzene rings is 1. The number of ether oxygens (including phenoxy) is 1. The third-order valence-corrected chi connectivity index (χ3v) is 5.63. The quantitative estimate of drug-likeness (QED) is 0.259. The zero-order valence-corrected chi connectivity index (χ0v) is 17.0. The van der Waals surface area contributed by atoms with Gasteiger partial charge in [0, 0.05) is 0 Å². The fourth-order valence-corrected chi connectivity index (χ4v) is 3.88. The summed E-state index contributed by atoms with van der Waals surface area (Å²) in [5, 5.41) is 30.3. The van der Waals surface area contributed by atoms with Crippen LogP contribution < -0.4 is 10.5 Å². The number of aromatic nitrogens is 4. The lowest BCUT2D eigenvalue weighted by Crippen LogP contribution is -2.37. The number of aliphatic hydroxyl groups excluding tert-OH is 2. The molecule has 32 heavy (non-hydrogen) atoms. The van der Waals surface area contributed by atoms with Gasteiger partial charge in [-0.15, -0.1) is 0 Å². The van der Waals surface area contributed by atoms with Gasteiger partial charge >= 0.3 is 10.3 Å². The number of nitrogen functional groups attached to an aromatic ring is 1. The number of hydrogen-bond acceptors (Lipinski definition) is 12. The van der Waals surface area contributed by atoms with Crippen LogP contribution in [-0.4, -0.2) is 74.1 Å². The van der Waals surface area contributed by atoms with Crippen LogP contribution in [0.15, 0.2) is 36.9 Å². The first-order chi connectivity index (χ1) is 15.2. The molecule has 1 aromatic carbocycles. The Kier molecular flexibility index (Phi) is 5.66. The molecule has 4 atom stereocenters. The normalized spacial score (nSPS) is 23.4. The van der Waals surface area contributed by atoms with Crippen molar-refractivity contribution in [2.45, 2.75) is 24.5 Å². The summed E-state index contributed by atoms with van der Waals surface area (Å²) < 4.78 is 37.5. The molecule has 3 aromatic rings. The van der Waals surface area contributed by atoms with Crippen molar-refractivity contribution in [2.75, 3.05) is 12.3 Å². The molecule has 1 fully saturated rings. The summed E-state index contributed by atoms with van der Waals surface area (Å²) in [5.74, 6) is -1.43. The largest absolute Gasteiger partial charge is 0.507 e. The third-order valence-electron chi connectivity index (χ3n) is 4.75. The van der Waals surface area contributed by atoms with Crippen molar-refractivity contribution in [3.05, 3.63) is 42.5 Å². The van der Waals surface area contributed by atoms with E-state index in [1.165, 1.54) is 41.5 Å².